The predicted octanol–water partition coefficient (Wildman–Crippen LogP) is 2.34. The highest BCUT2D eigenvalue weighted by Crippen LogP contribution is 2.25. The number of pyridine rings is 1. The van der Waals surface area contributed by atoms with Gasteiger partial charge >= 0.3 is 6.18 Å². The van der Waals surface area contributed by atoms with Gasteiger partial charge in [0.15, 0.2) is 6.29 Å². The van der Waals surface area contributed by atoms with Crippen LogP contribution in [0.2, 0.25) is 0 Å². The summed E-state index contributed by atoms with van der Waals surface area (Å²) in [5.74, 6) is 0.860. The maximum Gasteiger partial charge on any atom is 0.401 e. The summed E-state index contributed by atoms with van der Waals surface area (Å²) in [7, 11) is 3.15. The van der Waals surface area contributed by atoms with Crippen molar-refractivity contribution in [1.82, 2.24) is 15.2 Å². The largest absolute Gasteiger partial charge is 0.497 e. The number of nitrogens with zero attached hydrogens (tertiary/aromatic N) is 2. The molecule has 0 radical (unpaired) electrons. The number of aromatic nitrogens is 1. The summed E-state index contributed by atoms with van der Waals surface area (Å²) >= 11 is 0. The highest BCUT2D eigenvalue weighted by Gasteiger charge is 2.29. The van der Waals surface area contributed by atoms with Gasteiger partial charge in [0, 0.05) is 36.8 Å². The molecule has 1 aliphatic heterocycles. The first-order valence-corrected chi connectivity index (χ1v) is 9.20. The van der Waals surface area contributed by atoms with E-state index in [0.717, 1.165) is 6.21 Å². The number of hydrogen-bond acceptors (Lipinski definition) is 7. The summed E-state index contributed by atoms with van der Waals surface area (Å²) in [5.41, 5.74) is 1.07. The van der Waals surface area contributed by atoms with Gasteiger partial charge < -0.3 is 20.8 Å². The third-order valence-corrected chi connectivity index (χ3v) is 4.46. The molecular formula is C20H21F3N6O2. The number of alkyl halides is 3. The summed E-state index contributed by atoms with van der Waals surface area (Å²) in [6.45, 7) is -1.24. The fraction of sp³-hybridized carbons (Fsp3) is 0.250. The van der Waals surface area contributed by atoms with Gasteiger partial charge in [-0.2, -0.15) is 13.2 Å². The van der Waals surface area contributed by atoms with Crippen molar-refractivity contribution in [1.29, 1.82) is 5.41 Å². The molecule has 0 saturated heterocycles. The highest BCUT2D eigenvalue weighted by atomic mass is 19.4. The molecule has 11 heteroatoms. The van der Waals surface area contributed by atoms with Crippen LogP contribution in [-0.4, -0.2) is 50.2 Å². The van der Waals surface area contributed by atoms with Gasteiger partial charge in [-0.3, -0.25) is 19.7 Å². The second kappa shape index (κ2) is 9.04. The average Bonchev–Trinajstić information content (AvgIpc) is 2.75. The zero-order valence-corrected chi connectivity index (χ0v) is 16.7. The van der Waals surface area contributed by atoms with Gasteiger partial charge in [-0.1, -0.05) is 0 Å². The first kappa shape index (κ1) is 22.1. The molecule has 2 aromatic rings. The zero-order valence-electron chi connectivity index (χ0n) is 16.7. The van der Waals surface area contributed by atoms with Gasteiger partial charge in [-0.25, -0.2) is 0 Å². The van der Waals surface area contributed by atoms with Crippen LogP contribution in [0.1, 0.15) is 11.1 Å². The van der Waals surface area contributed by atoms with Crippen LogP contribution in [0.4, 0.5) is 19.0 Å². The second-order valence-corrected chi connectivity index (χ2v) is 6.55. The molecule has 1 atom stereocenters. The lowest BCUT2D eigenvalue weighted by molar-refractivity contribution is -0.125. The van der Waals surface area contributed by atoms with Crippen molar-refractivity contribution >= 4 is 23.8 Å². The molecule has 8 nitrogen and oxygen atoms in total. The molecule has 0 bridgehead atoms. The lowest BCUT2D eigenvalue weighted by Crippen LogP contribution is -2.43. The van der Waals surface area contributed by atoms with E-state index in [0.29, 0.717) is 22.6 Å². The molecule has 0 saturated carbocycles. The summed E-state index contributed by atoms with van der Waals surface area (Å²) in [6.07, 6.45) is -1.54. The number of fused-ring (bicyclic) bond motifs is 1. The number of hydrogen-bond donors (Lipinski definition) is 4. The van der Waals surface area contributed by atoms with Crippen LogP contribution in [0.25, 0.3) is 11.3 Å². The molecule has 4 N–H and O–H groups in total. The lowest BCUT2D eigenvalue weighted by atomic mass is 10.1. The number of nitrogens with one attached hydrogen (secondary N) is 4. The molecule has 0 amide bonds. The first-order valence-electron chi connectivity index (χ1n) is 9.20. The summed E-state index contributed by atoms with van der Waals surface area (Å²) in [4.78, 5) is 17.4. The Morgan fingerprint density at radius 3 is 2.65 bits per heavy atom. The normalized spacial score (nSPS) is 15.8. The van der Waals surface area contributed by atoms with Crippen molar-refractivity contribution in [3.05, 3.63) is 58.0 Å². The smallest absolute Gasteiger partial charge is 0.401 e. The highest BCUT2D eigenvalue weighted by molar-refractivity contribution is 6.08. The number of allylic oxidation sites excluding steroid dienone is 1. The minimum atomic E-state index is -4.41. The molecule has 31 heavy (non-hydrogen) atoms. The van der Waals surface area contributed by atoms with Crippen LogP contribution in [0.15, 0.2) is 46.3 Å². The first-order chi connectivity index (χ1) is 14.8. The van der Waals surface area contributed by atoms with Crippen LogP contribution < -0.4 is 26.2 Å². The maximum absolute atomic E-state index is 13.4. The number of benzene rings is 1. The van der Waals surface area contributed by atoms with Crippen molar-refractivity contribution in [3.8, 4) is 11.4 Å². The van der Waals surface area contributed by atoms with E-state index in [-0.39, 0.29) is 11.4 Å². The van der Waals surface area contributed by atoms with E-state index < -0.39 is 24.6 Å². The van der Waals surface area contributed by atoms with E-state index in [2.05, 4.69) is 20.9 Å². The molecule has 164 valence electrons. The Bertz CT molecular complexity index is 1070. The van der Waals surface area contributed by atoms with Gasteiger partial charge in [0.25, 0.3) is 5.56 Å². The molecule has 2 heterocycles. The van der Waals surface area contributed by atoms with Gasteiger partial charge in [-0.05, 0) is 30.3 Å². The molecule has 1 unspecified atom stereocenters. The Hall–Kier alpha value is -3.60. The number of rotatable bonds is 7. The fourth-order valence-electron chi connectivity index (χ4n) is 3.06. The number of ether oxygens (including phenoxy) is 1. The molecule has 0 aliphatic carbocycles. The predicted molar refractivity (Wildman–Crippen MR) is 113 cm³/mol. The van der Waals surface area contributed by atoms with Crippen LogP contribution in [0.5, 0.6) is 5.75 Å². The van der Waals surface area contributed by atoms with Crippen molar-refractivity contribution < 1.29 is 17.9 Å². The summed E-state index contributed by atoms with van der Waals surface area (Å²) < 4.78 is 44.3. The molecule has 1 aliphatic rings. The molecule has 0 fully saturated rings. The average molecular weight is 434 g/mol. The SMILES string of the molecule is CN/C=C(\C=N)c1cc2c(n(-c3ccc(OC)cc3)c1=O)NC(NCC(F)(F)F)N=C2. The third kappa shape index (κ3) is 4.94. The van der Waals surface area contributed by atoms with Gasteiger partial charge in [0.05, 0.1) is 24.9 Å². The van der Waals surface area contributed by atoms with Crippen molar-refractivity contribution in [2.45, 2.75) is 12.5 Å². The Labute approximate surface area is 176 Å². The molecular weight excluding hydrogens is 413 g/mol. The van der Waals surface area contributed by atoms with Gasteiger partial charge in [0.2, 0.25) is 0 Å². The van der Waals surface area contributed by atoms with Crippen LogP contribution in [0, 0.1) is 5.41 Å². The molecule has 0 spiro atoms. The molecule has 1 aromatic carbocycles. The van der Waals surface area contributed by atoms with Crippen LogP contribution in [0.3, 0.4) is 0 Å². The number of aliphatic imine (C=N–C) groups is 1. The minimum absolute atomic E-state index is 0.230. The molecule has 1 aromatic heterocycles. The number of methoxy groups -OCH3 is 1. The zero-order chi connectivity index (χ0) is 22.6. The Morgan fingerprint density at radius 2 is 2.06 bits per heavy atom. The third-order valence-electron chi connectivity index (χ3n) is 4.46. The lowest BCUT2D eigenvalue weighted by Gasteiger charge is -2.26. The van der Waals surface area contributed by atoms with E-state index in [9.17, 15) is 18.0 Å². The van der Waals surface area contributed by atoms with E-state index >= 15 is 0 Å². The second-order valence-electron chi connectivity index (χ2n) is 6.55. The van der Waals surface area contributed by atoms with Crippen molar-refractivity contribution in [3.63, 3.8) is 0 Å². The van der Waals surface area contributed by atoms with Crippen LogP contribution >= 0.6 is 0 Å². The van der Waals surface area contributed by atoms with E-state index in [1.54, 1.807) is 37.4 Å². The molecule has 3 rings (SSSR count). The maximum atomic E-state index is 13.4. The summed E-state index contributed by atoms with van der Waals surface area (Å²) in [6, 6.07) is 8.18. The Balaban J connectivity index is 2.15. The minimum Gasteiger partial charge on any atom is -0.497 e. The van der Waals surface area contributed by atoms with Crippen molar-refractivity contribution in [2.24, 2.45) is 4.99 Å². The van der Waals surface area contributed by atoms with Gasteiger partial charge in [-0.15, -0.1) is 0 Å². The van der Waals surface area contributed by atoms with E-state index in [1.165, 1.54) is 24.1 Å². The standard InChI is InChI=1S/C20H21F3N6O2/c1-25-9-13(8-24)16-7-12-10-26-19(27-11-20(21,22)23)28-17(12)29(18(16)30)14-3-5-15(31-2)6-4-14/h3-10,19,24-25,27-28H,11H2,1-2H3/b13-9+,24-8?. The van der Waals surface area contributed by atoms with E-state index in [1.807, 2.05) is 0 Å². The van der Waals surface area contributed by atoms with Gasteiger partial charge in [0.1, 0.15) is 11.6 Å². The topological polar surface area (TPSA) is 104 Å². The Morgan fingerprint density at radius 1 is 1.35 bits per heavy atom. The number of halogens is 3. The van der Waals surface area contributed by atoms with E-state index in [4.69, 9.17) is 10.1 Å². The summed E-state index contributed by atoms with van der Waals surface area (Å²) in [5, 5.41) is 15.6. The number of anilines is 1. The van der Waals surface area contributed by atoms with Crippen LogP contribution in [-0.2, 0) is 0 Å². The monoisotopic (exact) mass is 434 g/mol. The van der Waals surface area contributed by atoms with Crippen molar-refractivity contribution in [2.75, 3.05) is 26.0 Å². The Kier molecular flexibility index (Phi) is 6.44. The quantitative estimate of drug-likeness (QED) is 0.501. The fourth-order valence-corrected chi connectivity index (χ4v) is 3.06.